The minimum atomic E-state index is -0.365. The third-order valence-electron chi connectivity index (χ3n) is 6.59. The summed E-state index contributed by atoms with van der Waals surface area (Å²) in [6.45, 7) is 0.827. The molecule has 7 nitrogen and oxygen atoms in total. The number of fused-ring (bicyclic) bond motifs is 2. The largest absolute Gasteiger partial charge is 0.486 e. The van der Waals surface area contributed by atoms with E-state index in [2.05, 4.69) is 5.32 Å². The van der Waals surface area contributed by atoms with Crippen LogP contribution in [-0.2, 0) is 11.3 Å². The minimum absolute atomic E-state index is 0.127. The SMILES string of the molecule is O=C(NC[C@H]1COc2ccccc2O1)c1ccc(/C=C2\Oc3ccccc3N(Cc3cccc(F)c3)C2=O)cc1. The zero-order valence-electron chi connectivity index (χ0n) is 21.4. The van der Waals surface area contributed by atoms with Gasteiger partial charge in [0.1, 0.15) is 18.5 Å². The molecule has 2 aliphatic heterocycles. The van der Waals surface area contributed by atoms with Crippen LogP contribution in [0.5, 0.6) is 17.2 Å². The molecule has 1 N–H and O–H groups in total. The van der Waals surface area contributed by atoms with Gasteiger partial charge in [-0.25, -0.2) is 4.39 Å². The van der Waals surface area contributed by atoms with Crippen molar-refractivity contribution in [2.75, 3.05) is 18.1 Å². The van der Waals surface area contributed by atoms with E-state index in [9.17, 15) is 14.0 Å². The highest BCUT2D eigenvalue weighted by Gasteiger charge is 2.30. The third-order valence-corrected chi connectivity index (χ3v) is 6.59. The number of carbonyl (C=O) groups is 2. The summed E-state index contributed by atoms with van der Waals surface area (Å²) in [5, 5.41) is 2.88. The van der Waals surface area contributed by atoms with Gasteiger partial charge < -0.3 is 19.5 Å². The Kier molecular flexibility index (Phi) is 6.89. The average Bonchev–Trinajstić information content (AvgIpc) is 2.98. The van der Waals surface area contributed by atoms with Gasteiger partial charge in [-0.05, 0) is 65.7 Å². The molecule has 2 heterocycles. The fourth-order valence-electron chi connectivity index (χ4n) is 4.59. The molecule has 4 aromatic carbocycles. The van der Waals surface area contributed by atoms with Gasteiger partial charge in [0.05, 0.1) is 18.8 Å². The zero-order valence-corrected chi connectivity index (χ0v) is 21.4. The van der Waals surface area contributed by atoms with Gasteiger partial charge in [-0.2, -0.15) is 0 Å². The van der Waals surface area contributed by atoms with Crippen molar-refractivity contribution in [2.24, 2.45) is 0 Å². The zero-order chi connectivity index (χ0) is 27.5. The van der Waals surface area contributed by atoms with Crippen molar-refractivity contribution >= 4 is 23.6 Å². The van der Waals surface area contributed by atoms with Gasteiger partial charge in [-0.3, -0.25) is 14.5 Å². The lowest BCUT2D eigenvalue weighted by Crippen LogP contribution is -2.40. The number of anilines is 1. The number of halogens is 1. The van der Waals surface area contributed by atoms with E-state index in [1.807, 2.05) is 36.4 Å². The van der Waals surface area contributed by atoms with E-state index in [4.69, 9.17) is 14.2 Å². The van der Waals surface area contributed by atoms with E-state index in [0.29, 0.717) is 52.8 Å². The van der Waals surface area contributed by atoms with Crippen LogP contribution in [-0.4, -0.2) is 31.1 Å². The van der Waals surface area contributed by atoms with E-state index in [1.54, 1.807) is 59.5 Å². The van der Waals surface area contributed by atoms with Crippen molar-refractivity contribution in [1.82, 2.24) is 5.32 Å². The molecule has 4 aromatic rings. The lowest BCUT2D eigenvalue weighted by Gasteiger charge is -2.30. The average molecular weight is 537 g/mol. The van der Waals surface area contributed by atoms with Crippen molar-refractivity contribution in [3.8, 4) is 17.2 Å². The molecule has 0 spiro atoms. The number of rotatable bonds is 6. The third kappa shape index (κ3) is 5.37. The summed E-state index contributed by atoms with van der Waals surface area (Å²) >= 11 is 0. The molecule has 0 unspecified atom stereocenters. The molecule has 0 saturated heterocycles. The van der Waals surface area contributed by atoms with Crippen LogP contribution < -0.4 is 24.4 Å². The molecule has 0 aliphatic carbocycles. The Bertz CT molecular complexity index is 1600. The highest BCUT2D eigenvalue weighted by molar-refractivity contribution is 6.09. The Morgan fingerprint density at radius 3 is 2.48 bits per heavy atom. The second kappa shape index (κ2) is 10.9. The van der Waals surface area contributed by atoms with Crippen LogP contribution in [0.25, 0.3) is 6.08 Å². The van der Waals surface area contributed by atoms with E-state index in [0.717, 1.165) is 0 Å². The van der Waals surface area contributed by atoms with Gasteiger partial charge in [0.15, 0.2) is 23.0 Å². The van der Waals surface area contributed by atoms with Crippen molar-refractivity contribution in [1.29, 1.82) is 0 Å². The van der Waals surface area contributed by atoms with Crippen LogP contribution in [0.3, 0.4) is 0 Å². The first-order valence-corrected chi connectivity index (χ1v) is 12.8. The summed E-state index contributed by atoms with van der Waals surface area (Å²) in [4.78, 5) is 27.7. The molecule has 0 aromatic heterocycles. The molecule has 0 saturated carbocycles. The summed E-state index contributed by atoms with van der Waals surface area (Å²) in [7, 11) is 0. The first-order valence-electron chi connectivity index (χ1n) is 12.8. The number of nitrogens with one attached hydrogen (secondary N) is 1. The van der Waals surface area contributed by atoms with Crippen LogP contribution in [0.4, 0.5) is 10.1 Å². The quantitative estimate of drug-likeness (QED) is 0.336. The fourth-order valence-corrected chi connectivity index (χ4v) is 4.59. The summed E-state index contributed by atoms with van der Waals surface area (Å²) < 4.78 is 31.3. The van der Waals surface area contributed by atoms with Crippen LogP contribution in [0.1, 0.15) is 21.5 Å². The van der Waals surface area contributed by atoms with E-state index < -0.39 is 0 Å². The molecule has 0 bridgehead atoms. The predicted molar refractivity (Wildman–Crippen MR) is 148 cm³/mol. The lowest BCUT2D eigenvalue weighted by molar-refractivity contribution is -0.117. The minimum Gasteiger partial charge on any atom is -0.486 e. The van der Waals surface area contributed by atoms with Crippen molar-refractivity contribution in [3.63, 3.8) is 0 Å². The van der Waals surface area contributed by atoms with Crippen molar-refractivity contribution < 1.29 is 28.2 Å². The monoisotopic (exact) mass is 536 g/mol. The smallest absolute Gasteiger partial charge is 0.294 e. The molecular weight excluding hydrogens is 511 g/mol. The van der Waals surface area contributed by atoms with E-state index in [-0.39, 0.29) is 36.0 Å². The Balaban J connectivity index is 1.14. The maximum atomic E-state index is 13.8. The fraction of sp³-hybridized carbons (Fsp3) is 0.125. The molecule has 8 heteroatoms. The van der Waals surface area contributed by atoms with Crippen LogP contribution in [0.2, 0.25) is 0 Å². The molecule has 2 aliphatic rings. The Labute approximate surface area is 230 Å². The topological polar surface area (TPSA) is 77.1 Å². The molecule has 2 amide bonds. The number of nitrogens with zero attached hydrogens (tertiary/aromatic N) is 1. The maximum absolute atomic E-state index is 13.8. The summed E-state index contributed by atoms with van der Waals surface area (Å²) in [6, 6.07) is 27.6. The predicted octanol–water partition coefficient (Wildman–Crippen LogP) is 5.36. The standard InChI is InChI=1S/C32H25FN2O5/c33-24-7-5-6-22(16-24)19-35-26-8-1-2-9-27(26)40-30(32(35)37)17-21-12-14-23(15-13-21)31(36)34-18-25-20-38-28-10-3-4-11-29(28)39-25/h1-17,25H,18-20H2,(H,34,36)/b30-17-/t25-/m0/s1. The van der Waals surface area contributed by atoms with Crippen LogP contribution >= 0.6 is 0 Å². The number of para-hydroxylation sites is 4. The highest BCUT2D eigenvalue weighted by Crippen LogP contribution is 2.36. The number of benzene rings is 4. The number of ether oxygens (including phenoxy) is 3. The molecule has 1 atom stereocenters. The van der Waals surface area contributed by atoms with Gasteiger partial charge in [0.25, 0.3) is 11.8 Å². The normalized spacial score (nSPS) is 16.7. The van der Waals surface area contributed by atoms with Crippen LogP contribution in [0, 0.1) is 5.82 Å². The number of hydrogen-bond donors (Lipinski definition) is 1. The first-order chi connectivity index (χ1) is 19.5. The lowest BCUT2D eigenvalue weighted by atomic mass is 10.1. The number of carbonyl (C=O) groups excluding carboxylic acids is 2. The second-order valence-corrected chi connectivity index (χ2v) is 9.43. The Hall–Kier alpha value is -5.11. The Morgan fingerprint density at radius 2 is 1.68 bits per heavy atom. The molecule has 200 valence electrons. The second-order valence-electron chi connectivity index (χ2n) is 9.43. The van der Waals surface area contributed by atoms with E-state index >= 15 is 0 Å². The summed E-state index contributed by atoms with van der Waals surface area (Å²) in [5.41, 5.74) is 2.42. The Morgan fingerprint density at radius 1 is 0.925 bits per heavy atom. The number of amides is 2. The summed E-state index contributed by atoms with van der Waals surface area (Å²) in [5.74, 6) is 1.04. The van der Waals surface area contributed by atoms with Gasteiger partial charge in [0, 0.05) is 5.56 Å². The van der Waals surface area contributed by atoms with Crippen LogP contribution in [0.15, 0.2) is 103 Å². The van der Waals surface area contributed by atoms with Gasteiger partial charge >= 0.3 is 0 Å². The molecule has 40 heavy (non-hydrogen) atoms. The van der Waals surface area contributed by atoms with Gasteiger partial charge in [0.2, 0.25) is 0 Å². The van der Waals surface area contributed by atoms with Gasteiger partial charge in [-0.1, -0.05) is 48.5 Å². The maximum Gasteiger partial charge on any atom is 0.294 e. The molecule has 6 rings (SSSR count). The van der Waals surface area contributed by atoms with Crippen molar-refractivity contribution in [2.45, 2.75) is 12.6 Å². The summed E-state index contributed by atoms with van der Waals surface area (Å²) in [6.07, 6.45) is 1.33. The number of hydrogen-bond acceptors (Lipinski definition) is 5. The molecule has 0 fully saturated rings. The molecular formula is C32H25FN2O5. The van der Waals surface area contributed by atoms with Crippen molar-refractivity contribution in [3.05, 3.63) is 125 Å². The first kappa shape index (κ1) is 25.2. The van der Waals surface area contributed by atoms with E-state index in [1.165, 1.54) is 12.1 Å². The molecule has 0 radical (unpaired) electrons. The van der Waals surface area contributed by atoms with Gasteiger partial charge in [-0.15, -0.1) is 0 Å². The highest BCUT2D eigenvalue weighted by atomic mass is 19.1.